The van der Waals surface area contributed by atoms with Crippen LogP contribution in [0.2, 0.25) is 10.0 Å². The Labute approximate surface area is 159 Å². The van der Waals surface area contributed by atoms with Crippen LogP contribution in [0.5, 0.6) is 5.75 Å². The lowest BCUT2D eigenvalue weighted by Gasteiger charge is -2.13. The van der Waals surface area contributed by atoms with Crippen molar-refractivity contribution in [2.75, 3.05) is 7.11 Å². The van der Waals surface area contributed by atoms with Crippen LogP contribution in [0, 0.1) is 6.92 Å². The highest BCUT2D eigenvalue weighted by molar-refractivity contribution is 6.36. The molecule has 2 nitrogen and oxygen atoms in total. The normalized spacial score (nSPS) is 13.5. The van der Waals surface area contributed by atoms with Crippen molar-refractivity contribution in [1.29, 1.82) is 0 Å². The van der Waals surface area contributed by atoms with Crippen LogP contribution in [-0.4, -0.2) is 7.11 Å². The van der Waals surface area contributed by atoms with Gasteiger partial charge < -0.3 is 9.47 Å². The maximum absolute atomic E-state index is 13.9. The first-order valence-electron chi connectivity index (χ1n) is 7.78. The van der Waals surface area contributed by atoms with Crippen LogP contribution < -0.4 is 4.74 Å². The molecule has 0 aromatic heterocycles. The van der Waals surface area contributed by atoms with E-state index in [1.54, 1.807) is 32.3 Å². The summed E-state index contributed by atoms with van der Waals surface area (Å²) in [6.45, 7) is 7.50. The van der Waals surface area contributed by atoms with Crippen molar-refractivity contribution in [3.05, 3.63) is 74.8 Å². The molecule has 0 N–H and O–H groups in total. The first-order chi connectivity index (χ1) is 11.8. The summed E-state index contributed by atoms with van der Waals surface area (Å²) in [6.07, 6.45) is 8.03. The van der Waals surface area contributed by atoms with Crippen molar-refractivity contribution in [1.82, 2.24) is 0 Å². The van der Waals surface area contributed by atoms with Crippen molar-refractivity contribution in [2.45, 2.75) is 34.3 Å². The number of halogens is 3. The van der Waals surface area contributed by atoms with E-state index in [4.69, 9.17) is 32.7 Å². The summed E-state index contributed by atoms with van der Waals surface area (Å²) in [5.41, 5.74) is 2.91. The molecule has 0 spiro atoms. The molecule has 0 fully saturated rings. The Hall–Kier alpha value is -1.71. The van der Waals surface area contributed by atoms with E-state index < -0.39 is 0 Å². The van der Waals surface area contributed by atoms with Gasteiger partial charge in [-0.05, 0) is 51.5 Å². The van der Waals surface area contributed by atoms with E-state index in [2.05, 4.69) is 0 Å². The number of hydrogen-bond donors (Lipinski definition) is 0. The summed E-state index contributed by atoms with van der Waals surface area (Å²) in [5.74, 6) is 0.302. The van der Waals surface area contributed by atoms with Gasteiger partial charge >= 0.3 is 0 Å². The quantitative estimate of drug-likeness (QED) is 0.368. The van der Waals surface area contributed by atoms with Crippen LogP contribution in [0.25, 0.3) is 0 Å². The molecule has 5 heteroatoms. The zero-order valence-corrected chi connectivity index (χ0v) is 16.6. The van der Waals surface area contributed by atoms with Gasteiger partial charge in [0.2, 0.25) is 0 Å². The second-order valence-corrected chi connectivity index (χ2v) is 6.27. The Morgan fingerprint density at radius 2 is 1.88 bits per heavy atom. The standard InChI is InChI=1S/C20H23Cl2FO2/c1-6-13(2)7-8-18(23)14(3)9-10-25-12-16-17(21)11-19(24-5)15(4)20(16)22/h6-11H,12H2,1-5H3/b8-7+,10-9+,13-6+,18-14+. The topological polar surface area (TPSA) is 18.5 Å². The van der Waals surface area contributed by atoms with Crippen molar-refractivity contribution < 1.29 is 13.9 Å². The fraction of sp³-hybridized carbons (Fsp3) is 0.300. The molecule has 0 amide bonds. The second kappa shape index (κ2) is 10.3. The molecule has 1 rings (SSSR count). The van der Waals surface area contributed by atoms with Gasteiger partial charge in [0.1, 0.15) is 18.2 Å². The molecule has 136 valence electrons. The molecule has 0 saturated heterocycles. The largest absolute Gasteiger partial charge is 0.496 e. The van der Waals surface area contributed by atoms with E-state index in [1.165, 1.54) is 12.3 Å². The van der Waals surface area contributed by atoms with Gasteiger partial charge in [-0.1, -0.05) is 40.9 Å². The third-order valence-corrected chi connectivity index (χ3v) is 4.55. The minimum absolute atomic E-state index is 0.182. The molecule has 0 heterocycles. The van der Waals surface area contributed by atoms with Crippen molar-refractivity contribution in [2.24, 2.45) is 0 Å². The van der Waals surface area contributed by atoms with E-state index in [0.29, 0.717) is 26.9 Å². The monoisotopic (exact) mass is 384 g/mol. The van der Waals surface area contributed by atoms with Gasteiger partial charge in [0.25, 0.3) is 0 Å². The minimum Gasteiger partial charge on any atom is -0.496 e. The lowest BCUT2D eigenvalue weighted by atomic mass is 10.1. The predicted octanol–water partition coefficient (Wildman–Crippen LogP) is 7.11. The van der Waals surface area contributed by atoms with Gasteiger partial charge in [-0.15, -0.1) is 0 Å². The smallest absolute Gasteiger partial charge is 0.126 e. The second-order valence-electron chi connectivity index (χ2n) is 5.49. The van der Waals surface area contributed by atoms with Crippen molar-refractivity contribution >= 4 is 23.2 Å². The number of methoxy groups -OCH3 is 1. The van der Waals surface area contributed by atoms with Crippen LogP contribution in [0.1, 0.15) is 31.9 Å². The molecule has 0 bridgehead atoms. The van der Waals surface area contributed by atoms with E-state index >= 15 is 0 Å². The molecule has 0 radical (unpaired) electrons. The van der Waals surface area contributed by atoms with Gasteiger partial charge in [0, 0.05) is 11.1 Å². The number of benzene rings is 1. The van der Waals surface area contributed by atoms with Crippen LogP contribution >= 0.6 is 23.2 Å². The molecule has 0 aliphatic heterocycles. The molecular formula is C20H23Cl2FO2. The zero-order chi connectivity index (χ0) is 19.0. The lowest BCUT2D eigenvalue weighted by Crippen LogP contribution is -1.96. The summed E-state index contributed by atoms with van der Waals surface area (Å²) in [7, 11) is 1.56. The average Bonchev–Trinajstić information content (AvgIpc) is 2.61. The maximum Gasteiger partial charge on any atom is 0.126 e. The predicted molar refractivity (Wildman–Crippen MR) is 104 cm³/mol. The summed E-state index contributed by atoms with van der Waals surface area (Å²) >= 11 is 12.5. The van der Waals surface area contributed by atoms with Crippen molar-refractivity contribution in [3.8, 4) is 5.75 Å². The fourth-order valence-electron chi connectivity index (χ4n) is 1.89. The SMILES string of the molecule is C/C=C(C)/C=C/C(F)=C(C)\C=C\OCc1c(Cl)cc(OC)c(C)c1Cl. The van der Waals surface area contributed by atoms with Crippen molar-refractivity contribution in [3.63, 3.8) is 0 Å². The number of ether oxygens (including phenoxy) is 2. The van der Waals surface area contributed by atoms with Gasteiger partial charge in [0.05, 0.1) is 23.4 Å². The van der Waals surface area contributed by atoms with Gasteiger partial charge in [-0.3, -0.25) is 0 Å². The first kappa shape index (κ1) is 21.3. The molecule has 0 aliphatic carbocycles. The molecular weight excluding hydrogens is 362 g/mol. The van der Waals surface area contributed by atoms with Crippen LogP contribution in [-0.2, 0) is 11.3 Å². The third-order valence-electron chi connectivity index (χ3n) is 3.70. The highest BCUT2D eigenvalue weighted by Crippen LogP contribution is 2.35. The third kappa shape index (κ3) is 6.26. The molecule has 0 saturated carbocycles. The van der Waals surface area contributed by atoms with Gasteiger partial charge in [-0.2, -0.15) is 0 Å². The Morgan fingerprint density at radius 3 is 2.48 bits per heavy atom. The molecule has 0 atom stereocenters. The molecule has 0 unspecified atom stereocenters. The zero-order valence-electron chi connectivity index (χ0n) is 15.1. The van der Waals surface area contributed by atoms with E-state index in [-0.39, 0.29) is 12.4 Å². The highest BCUT2D eigenvalue weighted by Gasteiger charge is 2.13. The summed E-state index contributed by atoms with van der Waals surface area (Å²) in [6, 6.07) is 1.70. The maximum atomic E-state index is 13.9. The first-order valence-corrected chi connectivity index (χ1v) is 8.54. The minimum atomic E-state index is -0.322. The molecule has 1 aromatic carbocycles. The average molecular weight is 385 g/mol. The Bertz CT molecular complexity index is 732. The van der Waals surface area contributed by atoms with E-state index in [9.17, 15) is 4.39 Å². The Balaban J connectivity index is 2.79. The number of hydrogen-bond acceptors (Lipinski definition) is 2. The van der Waals surface area contributed by atoms with Crippen LogP contribution in [0.3, 0.4) is 0 Å². The highest BCUT2D eigenvalue weighted by atomic mass is 35.5. The molecule has 25 heavy (non-hydrogen) atoms. The lowest BCUT2D eigenvalue weighted by molar-refractivity contribution is 0.236. The van der Waals surface area contributed by atoms with E-state index in [1.807, 2.05) is 26.8 Å². The van der Waals surface area contributed by atoms with Crippen LogP contribution in [0.4, 0.5) is 4.39 Å². The Morgan fingerprint density at radius 1 is 1.20 bits per heavy atom. The van der Waals surface area contributed by atoms with Gasteiger partial charge in [0.15, 0.2) is 0 Å². The number of rotatable bonds is 7. The van der Waals surface area contributed by atoms with Crippen LogP contribution in [0.15, 0.2) is 53.6 Å². The van der Waals surface area contributed by atoms with Gasteiger partial charge in [-0.25, -0.2) is 4.39 Å². The number of allylic oxidation sites excluding steroid dienone is 7. The van der Waals surface area contributed by atoms with E-state index in [0.717, 1.165) is 11.1 Å². The fourth-order valence-corrected chi connectivity index (χ4v) is 2.43. The Kier molecular flexibility index (Phi) is 8.81. The molecule has 1 aromatic rings. The summed E-state index contributed by atoms with van der Waals surface area (Å²) < 4.78 is 24.6. The summed E-state index contributed by atoms with van der Waals surface area (Å²) in [4.78, 5) is 0. The molecule has 0 aliphatic rings. The summed E-state index contributed by atoms with van der Waals surface area (Å²) in [5, 5.41) is 0.963.